The van der Waals surface area contributed by atoms with Crippen molar-refractivity contribution in [2.75, 3.05) is 12.0 Å². The molecule has 0 aromatic carbocycles. The van der Waals surface area contributed by atoms with Gasteiger partial charge in [-0.25, -0.2) is 0 Å². The second kappa shape index (κ2) is 13.4. The molecule has 0 saturated carbocycles. The van der Waals surface area contributed by atoms with E-state index >= 15 is 0 Å². The Bertz CT molecular complexity index is 674. The van der Waals surface area contributed by atoms with Crippen LogP contribution < -0.4 is 27.4 Å². The molecule has 0 saturated heterocycles. The van der Waals surface area contributed by atoms with E-state index in [4.69, 9.17) is 21.7 Å². The first-order chi connectivity index (χ1) is 13.9. The maximum atomic E-state index is 12.5. The highest BCUT2D eigenvalue weighted by molar-refractivity contribution is 7.98. The van der Waals surface area contributed by atoms with Crippen LogP contribution in [0.5, 0.6) is 0 Å². The summed E-state index contributed by atoms with van der Waals surface area (Å²) in [6, 6.07) is -5.47. The van der Waals surface area contributed by atoms with Crippen LogP contribution in [0.1, 0.15) is 26.2 Å². The average Bonchev–Trinajstić information content (AvgIpc) is 2.63. The van der Waals surface area contributed by atoms with Crippen LogP contribution in [0.3, 0.4) is 0 Å². The first-order valence-electron chi connectivity index (χ1n) is 8.77. The van der Waals surface area contributed by atoms with Crippen LogP contribution in [0.25, 0.3) is 0 Å². The normalized spacial score (nSPS) is 14.5. The molecule has 4 unspecified atom stereocenters. The maximum absolute atomic E-state index is 12.5. The van der Waals surface area contributed by atoms with E-state index in [0.717, 1.165) is 6.92 Å². The van der Waals surface area contributed by atoms with Gasteiger partial charge in [-0.1, -0.05) is 0 Å². The molecule has 4 amide bonds. The number of nitrogens with one attached hydrogen (secondary N) is 3. The molecule has 0 radical (unpaired) electrons. The number of rotatable bonds is 14. The lowest BCUT2D eigenvalue weighted by Gasteiger charge is -2.23. The van der Waals surface area contributed by atoms with Crippen LogP contribution >= 0.6 is 11.8 Å². The molecule has 0 rings (SSSR count). The van der Waals surface area contributed by atoms with Gasteiger partial charge in [-0.2, -0.15) is 11.8 Å². The van der Waals surface area contributed by atoms with E-state index in [1.807, 2.05) is 0 Å². The van der Waals surface area contributed by atoms with Gasteiger partial charge in [0.15, 0.2) is 0 Å². The van der Waals surface area contributed by atoms with Crippen molar-refractivity contribution < 1.29 is 39.0 Å². The molecule has 0 bridgehead atoms. The van der Waals surface area contributed by atoms with E-state index in [1.54, 1.807) is 6.26 Å². The van der Waals surface area contributed by atoms with Crippen molar-refractivity contribution in [2.24, 2.45) is 11.5 Å². The minimum Gasteiger partial charge on any atom is -0.481 e. The standard InChI is InChI=1S/C16H27N5O8S/c1-7(16(28)29)19-14(26)9(5-11(18)22)21-15(27)10(6-12(23)24)20-13(25)8(17)3-4-30-2/h7-10H,3-6,17H2,1-2H3,(H2,18,22)(H,19,26)(H,20,25)(H,21,27)(H,23,24)(H,28,29). The van der Waals surface area contributed by atoms with Crippen LogP contribution in [0, 0.1) is 0 Å². The lowest BCUT2D eigenvalue weighted by atomic mass is 10.1. The van der Waals surface area contributed by atoms with Gasteiger partial charge in [0.25, 0.3) is 0 Å². The number of carboxylic acids is 2. The molecule has 0 aliphatic heterocycles. The van der Waals surface area contributed by atoms with Crippen molar-refractivity contribution in [1.82, 2.24) is 16.0 Å². The zero-order chi connectivity index (χ0) is 23.4. The van der Waals surface area contributed by atoms with Crippen molar-refractivity contribution in [3.05, 3.63) is 0 Å². The smallest absolute Gasteiger partial charge is 0.325 e. The molecular formula is C16H27N5O8S. The second-order valence-corrected chi connectivity index (χ2v) is 7.33. The monoisotopic (exact) mass is 449 g/mol. The van der Waals surface area contributed by atoms with E-state index in [9.17, 15) is 28.8 Å². The zero-order valence-corrected chi connectivity index (χ0v) is 17.4. The molecule has 13 nitrogen and oxygen atoms in total. The predicted octanol–water partition coefficient (Wildman–Crippen LogP) is -3.02. The molecule has 9 N–H and O–H groups in total. The zero-order valence-electron chi connectivity index (χ0n) is 16.5. The molecule has 0 fully saturated rings. The fourth-order valence-electron chi connectivity index (χ4n) is 2.10. The lowest BCUT2D eigenvalue weighted by Crippen LogP contribution is -2.57. The number of carbonyl (C=O) groups is 6. The third kappa shape index (κ3) is 10.6. The summed E-state index contributed by atoms with van der Waals surface area (Å²) in [6.07, 6.45) is 0.600. The van der Waals surface area contributed by atoms with Crippen LogP contribution in [-0.4, -0.2) is 82.0 Å². The quantitative estimate of drug-likeness (QED) is 0.142. The number of carboxylic acid groups (broad SMARTS) is 2. The largest absolute Gasteiger partial charge is 0.481 e. The third-order valence-corrected chi connectivity index (χ3v) is 4.39. The predicted molar refractivity (Wildman–Crippen MR) is 106 cm³/mol. The lowest BCUT2D eigenvalue weighted by molar-refractivity contribution is -0.143. The molecule has 0 spiro atoms. The summed E-state index contributed by atoms with van der Waals surface area (Å²) in [7, 11) is 0. The summed E-state index contributed by atoms with van der Waals surface area (Å²) in [5.41, 5.74) is 10.7. The molecule has 0 aliphatic rings. The Kier molecular flexibility index (Phi) is 12.1. The topological polar surface area (TPSA) is 231 Å². The molecule has 0 aromatic heterocycles. The van der Waals surface area contributed by atoms with Gasteiger partial charge in [0.1, 0.15) is 18.1 Å². The molecule has 30 heavy (non-hydrogen) atoms. The van der Waals surface area contributed by atoms with Crippen molar-refractivity contribution in [2.45, 2.75) is 50.4 Å². The Morgan fingerprint density at radius 1 is 0.900 bits per heavy atom. The Hall–Kier alpha value is -2.87. The van der Waals surface area contributed by atoms with Crippen molar-refractivity contribution in [3.63, 3.8) is 0 Å². The van der Waals surface area contributed by atoms with Gasteiger partial charge in [0.05, 0.1) is 18.9 Å². The number of carbonyl (C=O) groups excluding carboxylic acids is 4. The van der Waals surface area contributed by atoms with Gasteiger partial charge in [-0.15, -0.1) is 0 Å². The van der Waals surface area contributed by atoms with Crippen LogP contribution in [0.15, 0.2) is 0 Å². The minimum atomic E-state index is -1.59. The van der Waals surface area contributed by atoms with Gasteiger partial charge in [0.2, 0.25) is 23.6 Å². The summed E-state index contributed by atoms with van der Waals surface area (Å²) in [6.45, 7) is 1.16. The van der Waals surface area contributed by atoms with Gasteiger partial charge in [-0.05, 0) is 25.4 Å². The first-order valence-corrected chi connectivity index (χ1v) is 10.2. The number of thioether (sulfide) groups is 1. The fraction of sp³-hybridized carbons (Fsp3) is 0.625. The summed E-state index contributed by atoms with van der Waals surface area (Å²) in [5.74, 6) is -6.04. The van der Waals surface area contributed by atoms with E-state index in [2.05, 4.69) is 16.0 Å². The first kappa shape index (κ1) is 27.1. The number of amides is 4. The van der Waals surface area contributed by atoms with Gasteiger partial charge in [0, 0.05) is 0 Å². The van der Waals surface area contributed by atoms with Crippen LogP contribution in [0.2, 0.25) is 0 Å². The number of hydrogen-bond donors (Lipinski definition) is 7. The maximum Gasteiger partial charge on any atom is 0.325 e. The number of aliphatic carboxylic acids is 2. The summed E-state index contributed by atoms with van der Waals surface area (Å²) < 4.78 is 0. The van der Waals surface area contributed by atoms with Crippen LogP contribution in [0.4, 0.5) is 0 Å². The van der Waals surface area contributed by atoms with Gasteiger partial charge >= 0.3 is 11.9 Å². The van der Waals surface area contributed by atoms with E-state index in [-0.39, 0.29) is 6.42 Å². The van der Waals surface area contributed by atoms with E-state index in [0.29, 0.717) is 5.75 Å². The highest BCUT2D eigenvalue weighted by atomic mass is 32.2. The molecule has 0 aliphatic carbocycles. The number of nitrogens with two attached hydrogens (primary N) is 2. The SMILES string of the molecule is CSCCC(N)C(=O)NC(CC(=O)O)C(=O)NC(CC(N)=O)C(=O)NC(C)C(=O)O. The molecule has 0 aromatic rings. The Balaban J connectivity index is 5.34. The molecule has 4 atom stereocenters. The van der Waals surface area contributed by atoms with E-state index in [1.165, 1.54) is 11.8 Å². The van der Waals surface area contributed by atoms with Crippen molar-refractivity contribution in [1.29, 1.82) is 0 Å². The van der Waals surface area contributed by atoms with Crippen molar-refractivity contribution in [3.8, 4) is 0 Å². The average molecular weight is 449 g/mol. The Labute approximate surface area is 176 Å². The third-order valence-electron chi connectivity index (χ3n) is 3.75. The van der Waals surface area contributed by atoms with Crippen molar-refractivity contribution >= 4 is 47.3 Å². The Morgan fingerprint density at radius 3 is 1.87 bits per heavy atom. The van der Waals surface area contributed by atoms with Crippen LogP contribution in [-0.2, 0) is 28.8 Å². The number of hydrogen-bond acceptors (Lipinski definition) is 8. The Morgan fingerprint density at radius 2 is 1.40 bits per heavy atom. The van der Waals surface area contributed by atoms with Gasteiger partial charge < -0.3 is 37.6 Å². The highest BCUT2D eigenvalue weighted by Crippen LogP contribution is 2.02. The van der Waals surface area contributed by atoms with Gasteiger partial charge in [-0.3, -0.25) is 28.8 Å². The molecule has 0 heterocycles. The molecular weight excluding hydrogens is 422 g/mol. The minimum absolute atomic E-state index is 0.286. The summed E-state index contributed by atoms with van der Waals surface area (Å²) in [4.78, 5) is 70.0. The number of primary amides is 1. The molecule has 170 valence electrons. The fourth-order valence-corrected chi connectivity index (χ4v) is 2.59. The molecule has 14 heteroatoms. The second-order valence-electron chi connectivity index (χ2n) is 6.35. The highest BCUT2D eigenvalue weighted by Gasteiger charge is 2.31. The van der Waals surface area contributed by atoms with E-state index < -0.39 is 72.6 Å². The summed E-state index contributed by atoms with van der Waals surface area (Å²) >= 11 is 1.44. The summed E-state index contributed by atoms with van der Waals surface area (Å²) in [5, 5.41) is 24.3.